The summed E-state index contributed by atoms with van der Waals surface area (Å²) in [7, 11) is 0. The Balaban J connectivity index is 2.14. The van der Waals surface area contributed by atoms with E-state index < -0.39 is 23.6 Å². The lowest BCUT2D eigenvalue weighted by molar-refractivity contribution is -0.154. The third-order valence-corrected chi connectivity index (χ3v) is 4.82. The average molecular weight is 462 g/mol. The smallest absolute Gasteiger partial charge is 0.378 e. The van der Waals surface area contributed by atoms with Crippen LogP contribution in [0.1, 0.15) is 39.2 Å². The molecule has 0 spiro atoms. The molecule has 0 bridgehead atoms. The van der Waals surface area contributed by atoms with Gasteiger partial charge in [-0.3, -0.25) is 25.6 Å². The van der Waals surface area contributed by atoms with Crippen LogP contribution in [0, 0.1) is 11.3 Å². The summed E-state index contributed by atoms with van der Waals surface area (Å²) >= 11 is 0. The minimum absolute atomic E-state index is 0.0863. The Bertz CT molecular complexity index is 781. The normalized spacial score (nSPS) is 15.8. The van der Waals surface area contributed by atoms with E-state index in [9.17, 15) is 28.0 Å². The molecule has 1 fully saturated rings. The van der Waals surface area contributed by atoms with E-state index in [4.69, 9.17) is 4.74 Å². The summed E-state index contributed by atoms with van der Waals surface area (Å²) in [6.45, 7) is 6.73. The van der Waals surface area contributed by atoms with Gasteiger partial charge in [-0.15, -0.1) is 0 Å². The molecule has 1 saturated heterocycles. The van der Waals surface area contributed by atoms with Crippen LogP contribution in [-0.2, 0) is 20.5 Å². The number of carbonyl (C=O) groups is 2. The molecule has 1 aromatic rings. The molecule has 1 atom stereocenters. The second kappa shape index (κ2) is 10.8. The monoisotopic (exact) mass is 462 g/mol. The zero-order chi connectivity index (χ0) is 23.9. The maximum Gasteiger partial charge on any atom is 0.421 e. The van der Waals surface area contributed by atoms with Crippen LogP contribution >= 0.6 is 0 Å². The summed E-state index contributed by atoms with van der Waals surface area (Å²) in [6.07, 6.45) is -2.79. The van der Waals surface area contributed by atoms with E-state index in [1.54, 1.807) is 0 Å². The van der Waals surface area contributed by atoms with Crippen LogP contribution in [0.3, 0.4) is 0 Å². The second-order valence-electron chi connectivity index (χ2n) is 8.67. The molecule has 180 valence electrons. The van der Waals surface area contributed by atoms with Crippen molar-refractivity contribution in [2.45, 2.75) is 39.8 Å². The zero-order valence-corrected chi connectivity index (χ0v) is 18.3. The molecule has 0 aliphatic carbocycles. The maximum absolute atomic E-state index is 13.4. The second-order valence-corrected chi connectivity index (χ2v) is 8.67. The van der Waals surface area contributed by atoms with Crippen molar-refractivity contribution in [3.05, 3.63) is 11.8 Å². The Hall–Kier alpha value is -2.67. The van der Waals surface area contributed by atoms with E-state index in [2.05, 4.69) is 20.8 Å². The Morgan fingerprint density at radius 2 is 2.00 bits per heavy atom. The van der Waals surface area contributed by atoms with Gasteiger partial charge < -0.3 is 9.64 Å². The molecule has 32 heavy (non-hydrogen) atoms. The van der Waals surface area contributed by atoms with Gasteiger partial charge in [-0.2, -0.15) is 18.2 Å². The third-order valence-electron chi connectivity index (χ3n) is 4.82. The largest absolute Gasteiger partial charge is 0.421 e. The Kier molecular flexibility index (Phi) is 8.61. The molecule has 2 heterocycles. The molecule has 2 amide bonds. The molecular weight excluding hydrogens is 433 g/mol. The van der Waals surface area contributed by atoms with E-state index in [0.717, 1.165) is 0 Å². The molecule has 1 aromatic heterocycles. The summed E-state index contributed by atoms with van der Waals surface area (Å²) in [5.74, 6) is -1.85. The van der Waals surface area contributed by atoms with Crippen molar-refractivity contribution >= 4 is 24.1 Å². The van der Waals surface area contributed by atoms with E-state index in [1.165, 1.54) is 4.90 Å². The number of morpholine rings is 1. The highest BCUT2D eigenvalue weighted by atomic mass is 19.4. The molecule has 1 aliphatic heterocycles. The van der Waals surface area contributed by atoms with Crippen molar-refractivity contribution in [1.29, 1.82) is 0 Å². The molecule has 10 nitrogen and oxygen atoms in total. The Labute approximate surface area is 184 Å². The van der Waals surface area contributed by atoms with Gasteiger partial charge in [0.2, 0.25) is 18.3 Å². The number of rotatable bonds is 9. The minimum Gasteiger partial charge on any atom is -0.378 e. The number of hydrogen-bond donors (Lipinski definition) is 3. The first-order valence-electron chi connectivity index (χ1n) is 10.1. The van der Waals surface area contributed by atoms with Gasteiger partial charge >= 0.3 is 6.18 Å². The van der Waals surface area contributed by atoms with Crippen molar-refractivity contribution in [3.63, 3.8) is 0 Å². The summed E-state index contributed by atoms with van der Waals surface area (Å²) < 4.78 is 45.4. The van der Waals surface area contributed by atoms with Gasteiger partial charge in [-0.1, -0.05) is 20.8 Å². The predicted octanol–water partition coefficient (Wildman–Crippen LogP) is 2.07. The van der Waals surface area contributed by atoms with Gasteiger partial charge in [0.15, 0.2) is 0 Å². The van der Waals surface area contributed by atoms with E-state index >= 15 is 0 Å². The van der Waals surface area contributed by atoms with Gasteiger partial charge in [0, 0.05) is 19.3 Å². The van der Waals surface area contributed by atoms with Gasteiger partial charge in [0.25, 0.3) is 0 Å². The summed E-state index contributed by atoms with van der Waals surface area (Å²) in [6, 6.07) is 0. The van der Waals surface area contributed by atoms with Crippen LogP contribution in [0.2, 0.25) is 0 Å². The number of alkyl halides is 3. The molecular formula is C19H29F3N6O4. The minimum atomic E-state index is -4.65. The van der Waals surface area contributed by atoms with Crippen molar-refractivity contribution in [2.24, 2.45) is 11.3 Å². The highest BCUT2D eigenvalue weighted by Gasteiger charge is 2.37. The summed E-state index contributed by atoms with van der Waals surface area (Å²) in [5, 5.41) is 9.87. The number of carbonyl (C=O) groups excluding carboxylic acids is 2. The lowest BCUT2D eigenvalue weighted by Crippen LogP contribution is -2.41. The number of nitrogens with zero attached hydrogens (tertiary/aromatic N) is 4. The van der Waals surface area contributed by atoms with E-state index in [0.29, 0.717) is 24.1 Å². The number of aromatic nitrogens is 2. The van der Waals surface area contributed by atoms with Crippen LogP contribution in [0.25, 0.3) is 0 Å². The highest BCUT2D eigenvalue weighted by molar-refractivity contribution is 5.80. The first-order chi connectivity index (χ1) is 14.9. The molecule has 0 radical (unpaired) electrons. The van der Waals surface area contributed by atoms with Crippen LogP contribution in [-0.4, -0.2) is 65.4 Å². The standard InChI is InChI=1S/C19H29F3N6O4/c1-18(2,3)5-4-13(11-28(31)12-29)16(30)25-26-17-23-10-14(19(20,21)22)15(24-17)27-6-8-32-9-7-27/h10,12-13,31H,4-9,11H2,1-3H3,(H,25,30)(H,23,24,26)/t13-/m1/s1. The SMILES string of the molecule is CC(C)(C)CC[C@H](CN(O)C=O)C(=O)NNc1ncc(C(F)(F)F)c(N2CCOCC2)n1. The molecule has 0 aromatic carbocycles. The fourth-order valence-electron chi connectivity index (χ4n) is 3.05. The number of anilines is 2. The number of hydrogen-bond acceptors (Lipinski definition) is 8. The van der Waals surface area contributed by atoms with Gasteiger partial charge in [0.05, 0.1) is 25.7 Å². The average Bonchev–Trinajstić information content (AvgIpc) is 2.73. The topological polar surface area (TPSA) is 120 Å². The third kappa shape index (κ3) is 7.79. The van der Waals surface area contributed by atoms with Crippen LogP contribution in [0.4, 0.5) is 24.9 Å². The lowest BCUT2D eigenvalue weighted by Gasteiger charge is -2.30. The quantitative estimate of drug-likeness (QED) is 0.290. The number of amides is 2. The molecule has 0 saturated carbocycles. The van der Waals surface area contributed by atoms with Crippen molar-refractivity contribution in [3.8, 4) is 0 Å². The number of ether oxygens (including phenoxy) is 1. The summed E-state index contributed by atoms with van der Waals surface area (Å²) in [4.78, 5) is 32.4. The number of halogens is 3. The van der Waals surface area contributed by atoms with Crippen LogP contribution in [0.5, 0.6) is 0 Å². The first-order valence-corrected chi connectivity index (χ1v) is 10.1. The van der Waals surface area contributed by atoms with Gasteiger partial charge in [-0.05, 0) is 18.3 Å². The van der Waals surface area contributed by atoms with E-state index in [1.807, 2.05) is 20.8 Å². The van der Waals surface area contributed by atoms with E-state index in [-0.39, 0.29) is 56.4 Å². The van der Waals surface area contributed by atoms with Crippen LogP contribution in [0.15, 0.2) is 6.20 Å². The van der Waals surface area contributed by atoms with Crippen LogP contribution < -0.4 is 15.8 Å². The summed E-state index contributed by atoms with van der Waals surface area (Å²) in [5.41, 5.74) is 3.73. The molecule has 2 rings (SSSR count). The molecule has 0 unspecified atom stereocenters. The number of hydroxylamine groups is 2. The predicted molar refractivity (Wildman–Crippen MR) is 109 cm³/mol. The van der Waals surface area contributed by atoms with Crippen molar-refractivity contribution in [1.82, 2.24) is 20.5 Å². The zero-order valence-electron chi connectivity index (χ0n) is 18.3. The van der Waals surface area contributed by atoms with Gasteiger partial charge in [-0.25, -0.2) is 10.0 Å². The number of hydrazine groups is 1. The molecule has 1 aliphatic rings. The highest BCUT2D eigenvalue weighted by Crippen LogP contribution is 2.35. The Morgan fingerprint density at radius 1 is 1.34 bits per heavy atom. The maximum atomic E-state index is 13.4. The van der Waals surface area contributed by atoms with Gasteiger partial charge in [0.1, 0.15) is 11.4 Å². The first kappa shape index (κ1) is 25.6. The fourth-order valence-corrected chi connectivity index (χ4v) is 3.05. The van der Waals surface area contributed by atoms with Crippen molar-refractivity contribution in [2.75, 3.05) is 43.2 Å². The lowest BCUT2D eigenvalue weighted by atomic mass is 9.86. The fraction of sp³-hybridized carbons (Fsp3) is 0.684. The molecule has 3 N–H and O–H groups in total. The Morgan fingerprint density at radius 3 is 2.56 bits per heavy atom. The van der Waals surface area contributed by atoms with Crippen molar-refractivity contribution < 1.29 is 32.7 Å². The molecule has 13 heteroatoms. The number of nitrogens with one attached hydrogen (secondary N) is 2.